The molecule has 16 heavy (non-hydrogen) atoms. The van der Waals surface area contributed by atoms with E-state index in [4.69, 9.17) is 15.0 Å². The van der Waals surface area contributed by atoms with Crippen molar-refractivity contribution in [3.8, 4) is 0 Å². The fourth-order valence-electron chi connectivity index (χ4n) is 2.24. The van der Waals surface area contributed by atoms with Crippen molar-refractivity contribution in [2.45, 2.75) is 38.5 Å². The molecule has 1 aromatic heterocycles. The van der Waals surface area contributed by atoms with Crippen molar-refractivity contribution in [2.75, 3.05) is 0 Å². The average molecular weight is 242 g/mol. The molecular weight excluding hydrogens is 224 g/mol. The summed E-state index contributed by atoms with van der Waals surface area (Å²) in [5.74, 6) is 1.79. The van der Waals surface area contributed by atoms with Gasteiger partial charge in [-0.2, -0.15) is 0 Å². The molecule has 4 heteroatoms. The third kappa shape index (κ3) is 4.23. The fourth-order valence-corrected chi connectivity index (χ4v) is 3.24. The third-order valence-electron chi connectivity index (χ3n) is 3.02. The van der Waals surface area contributed by atoms with Crippen LogP contribution in [0.3, 0.4) is 0 Å². The smallest absolute Gasteiger partial charge is 0.450 e. The van der Waals surface area contributed by atoms with Gasteiger partial charge in [0, 0.05) is 4.88 Å². The van der Waals surface area contributed by atoms with Crippen molar-refractivity contribution in [1.82, 2.24) is 0 Å². The van der Waals surface area contributed by atoms with Gasteiger partial charge >= 0.3 is 6.16 Å². The monoisotopic (exact) mass is 242 g/mol. The highest BCUT2D eigenvalue weighted by atomic mass is 32.1. The summed E-state index contributed by atoms with van der Waals surface area (Å²) < 4.78 is 0. The van der Waals surface area contributed by atoms with Gasteiger partial charge in [-0.05, 0) is 29.7 Å². The van der Waals surface area contributed by atoms with Crippen molar-refractivity contribution >= 4 is 17.5 Å². The van der Waals surface area contributed by atoms with Crippen LogP contribution in [0.15, 0.2) is 17.5 Å². The van der Waals surface area contributed by atoms with Crippen LogP contribution >= 0.6 is 11.3 Å². The van der Waals surface area contributed by atoms with E-state index in [0.717, 1.165) is 11.8 Å². The zero-order valence-corrected chi connectivity index (χ0v) is 10.2. The van der Waals surface area contributed by atoms with E-state index in [1.54, 1.807) is 4.88 Å². The molecule has 3 nitrogen and oxygen atoms in total. The third-order valence-corrected chi connectivity index (χ3v) is 4.02. The zero-order chi connectivity index (χ0) is 12.0. The lowest BCUT2D eigenvalue weighted by molar-refractivity contribution is 0.137. The first-order chi connectivity index (χ1) is 7.61. The maximum atomic E-state index is 8.56. The van der Waals surface area contributed by atoms with Gasteiger partial charge in [0.2, 0.25) is 0 Å². The van der Waals surface area contributed by atoms with Crippen LogP contribution in [-0.4, -0.2) is 16.4 Å². The molecule has 0 radical (unpaired) electrons. The van der Waals surface area contributed by atoms with Crippen LogP contribution in [0.1, 0.15) is 43.4 Å². The second kappa shape index (κ2) is 6.53. The highest BCUT2D eigenvalue weighted by Crippen LogP contribution is 2.39. The summed E-state index contributed by atoms with van der Waals surface area (Å²) in [6.45, 7) is 2.41. The van der Waals surface area contributed by atoms with E-state index in [0.29, 0.717) is 0 Å². The molecule has 1 aromatic rings. The van der Waals surface area contributed by atoms with Crippen LogP contribution in [0.5, 0.6) is 0 Å². The Bertz CT molecular complexity index is 304. The molecule has 2 unspecified atom stereocenters. The van der Waals surface area contributed by atoms with Gasteiger partial charge in [-0.3, -0.25) is 0 Å². The Balaban J connectivity index is 0.000000280. The molecule has 2 N–H and O–H groups in total. The minimum Gasteiger partial charge on any atom is -0.450 e. The van der Waals surface area contributed by atoms with Crippen LogP contribution in [0.4, 0.5) is 4.79 Å². The average Bonchev–Trinajstić information content (AvgIpc) is 2.70. The number of thiophene rings is 1. The predicted octanol–water partition coefficient (Wildman–Crippen LogP) is 4.26. The standard InChI is InChI=1S/C11H16S.CH2O3/c1-9-5-2-3-6-10(9)11-7-4-8-12-11;2-1(3)4/h4,7-10H,2-3,5-6H2,1H3;(H2,2,3,4). The van der Waals surface area contributed by atoms with Gasteiger partial charge in [0.05, 0.1) is 0 Å². The number of rotatable bonds is 1. The Morgan fingerprint density at radius 1 is 1.38 bits per heavy atom. The molecule has 1 fully saturated rings. The molecule has 0 amide bonds. The van der Waals surface area contributed by atoms with Gasteiger partial charge < -0.3 is 10.2 Å². The first kappa shape index (κ1) is 13.0. The first-order valence-corrected chi connectivity index (χ1v) is 6.44. The highest BCUT2D eigenvalue weighted by Gasteiger charge is 2.22. The quantitative estimate of drug-likeness (QED) is 0.773. The minimum atomic E-state index is -1.83. The molecule has 1 heterocycles. The molecule has 0 aliphatic heterocycles. The van der Waals surface area contributed by atoms with Gasteiger partial charge in [-0.15, -0.1) is 11.3 Å². The molecule has 0 spiro atoms. The van der Waals surface area contributed by atoms with Crippen LogP contribution in [0, 0.1) is 5.92 Å². The molecule has 90 valence electrons. The van der Waals surface area contributed by atoms with E-state index in [-0.39, 0.29) is 0 Å². The first-order valence-electron chi connectivity index (χ1n) is 5.56. The fraction of sp³-hybridized carbons (Fsp3) is 0.583. The van der Waals surface area contributed by atoms with E-state index in [9.17, 15) is 0 Å². The molecule has 1 saturated carbocycles. The van der Waals surface area contributed by atoms with Crippen molar-refractivity contribution in [3.05, 3.63) is 22.4 Å². The van der Waals surface area contributed by atoms with Crippen molar-refractivity contribution in [1.29, 1.82) is 0 Å². The van der Waals surface area contributed by atoms with Gasteiger partial charge in [-0.1, -0.05) is 32.3 Å². The van der Waals surface area contributed by atoms with Crippen molar-refractivity contribution in [3.63, 3.8) is 0 Å². The highest BCUT2D eigenvalue weighted by molar-refractivity contribution is 7.10. The predicted molar refractivity (Wildman–Crippen MR) is 65.3 cm³/mol. The van der Waals surface area contributed by atoms with E-state index < -0.39 is 6.16 Å². The molecule has 2 rings (SSSR count). The lowest BCUT2D eigenvalue weighted by Gasteiger charge is -2.27. The van der Waals surface area contributed by atoms with Crippen LogP contribution in [0.2, 0.25) is 0 Å². The van der Waals surface area contributed by atoms with Gasteiger partial charge in [0.25, 0.3) is 0 Å². The second-order valence-electron chi connectivity index (χ2n) is 4.17. The molecule has 0 aromatic carbocycles. The Hall–Kier alpha value is -1.03. The molecular formula is C12H18O3S. The lowest BCUT2D eigenvalue weighted by Crippen LogP contribution is -2.13. The van der Waals surface area contributed by atoms with Crippen molar-refractivity contribution < 1.29 is 15.0 Å². The Morgan fingerprint density at radius 2 is 2.00 bits per heavy atom. The number of carbonyl (C=O) groups is 1. The summed E-state index contributed by atoms with van der Waals surface area (Å²) in [6.07, 6.45) is 3.90. The molecule has 0 saturated heterocycles. The maximum absolute atomic E-state index is 8.56. The summed E-state index contributed by atoms with van der Waals surface area (Å²) in [4.78, 5) is 10.2. The summed E-state index contributed by atoms with van der Waals surface area (Å²) in [5.41, 5.74) is 0. The van der Waals surface area contributed by atoms with Crippen LogP contribution in [0.25, 0.3) is 0 Å². The number of hydrogen-bond donors (Lipinski definition) is 2. The molecule has 0 bridgehead atoms. The van der Waals surface area contributed by atoms with Gasteiger partial charge in [0.15, 0.2) is 0 Å². The Labute approximate surface area is 99.7 Å². The normalized spacial score (nSPS) is 24.3. The molecule has 1 aliphatic carbocycles. The molecule has 2 atom stereocenters. The minimum absolute atomic E-state index is 0.874. The largest absolute Gasteiger partial charge is 0.503 e. The van der Waals surface area contributed by atoms with Crippen molar-refractivity contribution in [2.24, 2.45) is 5.92 Å². The van der Waals surface area contributed by atoms with Gasteiger partial charge in [-0.25, -0.2) is 4.79 Å². The summed E-state index contributed by atoms with van der Waals surface area (Å²) in [7, 11) is 0. The lowest BCUT2D eigenvalue weighted by atomic mass is 9.80. The van der Waals surface area contributed by atoms with Gasteiger partial charge in [0.1, 0.15) is 0 Å². The summed E-state index contributed by atoms with van der Waals surface area (Å²) >= 11 is 1.93. The zero-order valence-electron chi connectivity index (χ0n) is 9.43. The van der Waals surface area contributed by atoms with Crippen LogP contribution < -0.4 is 0 Å². The second-order valence-corrected chi connectivity index (χ2v) is 5.15. The maximum Gasteiger partial charge on any atom is 0.503 e. The topological polar surface area (TPSA) is 57.5 Å². The van der Waals surface area contributed by atoms with E-state index in [2.05, 4.69) is 24.4 Å². The van der Waals surface area contributed by atoms with E-state index in [1.807, 2.05) is 11.3 Å². The SMILES string of the molecule is CC1CCCCC1c1cccs1.O=C(O)O. The number of hydrogen-bond acceptors (Lipinski definition) is 2. The van der Waals surface area contributed by atoms with E-state index >= 15 is 0 Å². The summed E-state index contributed by atoms with van der Waals surface area (Å²) in [6, 6.07) is 4.48. The Kier molecular flexibility index (Phi) is 5.32. The molecule has 1 aliphatic rings. The van der Waals surface area contributed by atoms with E-state index in [1.165, 1.54) is 25.7 Å². The van der Waals surface area contributed by atoms with Crippen LogP contribution in [-0.2, 0) is 0 Å². The summed E-state index contributed by atoms with van der Waals surface area (Å²) in [5, 5.41) is 16.1. The number of carboxylic acid groups (broad SMARTS) is 2. The Morgan fingerprint density at radius 3 is 2.50 bits per heavy atom.